The highest BCUT2D eigenvalue weighted by atomic mass is 32.2. The van der Waals surface area contributed by atoms with E-state index in [1.165, 1.54) is 12.1 Å². The standard InChI is InChI=1S/C12H16O4S/c1-9-5-7-10(8-6-9)17(14,15)16-12-4-2-3-11(12)13/h5-8,11-13H,2-4H2,1H3/t11-,12+/m1/s1. The first-order valence-electron chi connectivity index (χ1n) is 5.67. The smallest absolute Gasteiger partial charge is 0.297 e. The molecule has 0 spiro atoms. The van der Waals surface area contributed by atoms with E-state index < -0.39 is 22.3 Å². The van der Waals surface area contributed by atoms with Crippen LogP contribution in [0.4, 0.5) is 0 Å². The average molecular weight is 256 g/mol. The number of hydrogen-bond donors (Lipinski definition) is 1. The number of rotatable bonds is 3. The first-order valence-corrected chi connectivity index (χ1v) is 7.08. The molecule has 0 radical (unpaired) electrons. The molecule has 5 heteroatoms. The van der Waals surface area contributed by atoms with E-state index in [0.29, 0.717) is 12.8 Å². The van der Waals surface area contributed by atoms with Gasteiger partial charge in [-0.15, -0.1) is 0 Å². The third kappa shape index (κ3) is 2.86. The highest BCUT2D eigenvalue weighted by Gasteiger charge is 2.31. The number of benzene rings is 1. The molecule has 0 saturated heterocycles. The van der Waals surface area contributed by atoms with E-state index in [4.69, 9.17) is 4.18 Å². The predicted molar refractivity (Wildman–Crippen MR) is 63.1 cm³/mol. The molecule has 94 valence electrons. The van der Waals surface area contributed by atoms with Gasteiger partial charge in [0.15, 0.2) is 0 Å². The molecule has 1 aliphatic carbocycles. The van der Waals surface area contributed by atoms with Gasteiger partial charge < -0.3 is 5.11 Å². The van der Waals surface area contributed by atoms with Crippen LogP contribution in [0.15, 0.2) is 29.2 Å². The molecule has 0 bridgehead atoms. The zero-order chi connectivity index (χ0) is 12.5. The number of hydrogen-bond acceptors (Lipinski definition) is 4. The van der Waals surface area contributed by atoms with Gasteiger partial charge in [-0.1, -0.05) is 17.7 Å². The van der Waals surface area contributed by atoms with Crippen molar-refractivity contribution < 1.29 is 17.7 Å². The summed E-state index contributed by atoms with van der Waals surface area (Å²) < 4.78 is 28.9. The summed E-state index contributed by atoms with van der Waals surface area (Å²) in [6.45, 7) is 1.89. The van der Waals surface area contributed by atoms with E-state index in [-0.39, 0.29) is 4.90 Å². The molecule has 1 aliphatic rings. The van der Waals surface area contributed by atoms with E-state index in [1.807, 2.05) is 6.92 Å². The second-order valence-corrected chi connectivity index (χ2v) is 5.97. The molecule has 17 heavy (non-hydrogen) atoms. The Morgan fingerprint density at radius 1 is 1.24 bits per heavy atom. The fourth-order valence-electron chi connectivity index (χ4n) is 1.94. The van der Waals surface area contributed by atoms with Gasteiger partial charge in [0.25, 0.3) is 10.1 Å². The van der Waals surface area contributed by atoms with E-state index in [9.17, 15) is 13.5 Å². The number of aliphatic hydroxyl groups excluding tert-OH is 1. The topological polar surface area (TPSA) is 63.6 Å². The molecule has 2 atom stereocenters. The second kappa shape index (κ2) is 4.76. The van der Waals surface area contributed by atoms with Crippen LogP contribution < -0.4 is 0 Å². The van der Waals surface area contributed by atoms with Gasteiger partial charge >= 0.3 is 0 Å². The minimum absolute atomic E-state index is 0.141. The van der Waals surface area contributed by atoms with Crippen molar-refractivity contribution >= 4 is 10.1 Å². The molecule has 1 fully saturated rings. The van der Waals surface area contributed by atoms with Crippen LogP contribution in [0.2, 0.25) is 0 Å². The number of aryl methyl sites for hydroxylation is 1. The van der Waals surface area contributed by atoms with Crippen LogP contribution in [0, 0.1) is 6.92 Å². The summed E-state index contributed by atoms with van der Waals surface area (Å²) in [4.78, 5) is 0.141. The van der Waals surface area contributed by atoms with Crippen LogP contribution in [0.3, 0.4) is 0 Å². The zero-order valence-corrected chi connectivity index (χ0v) is 10.5. The van der Waals surface area contributed by atoms with Crippen molar-refractivity contribution in [2.45, 2.75) is 43.3 Å². The molecule has 1 aromatic carbocycles. The van der Waals surface area contributed by atoms with Crippen LogP contribution in [-0.4, -0.2) is 25.7 Å². The molecule has 0 heterocycles. The van der Waals surface area contributed by atoms with Crippen molar-refractivity contribution in [3.05, 3.63) is 29.8 Å². The van der Waals surface area contributed by atoms with Gasteiger partial charge in [-0.2, -0.15) is 8.42 Å². The van der Waals surface area contributed by atoms with Crippen molar-refractivity contribution in [2.75, 3.05) is 0 Å². The van der Waals surface area contributed by atoms with E-state index in [1.54, 1.807) is 12.1 Å². The van der Waals surface area contributed by atoms with Gasteiger partial charge in [0.05, 0.1) is 11.0 Å². The first kappa shape index (κ1) is 12.5. The Morgan fingerprint density at radius 3 is 2.41 bits per heavy atom. The maximum absolute atomic E-state index is 11.9. The van der Waals surface area contributed by atoms with Gasteiger partial charge in [0.1, 0.15) is 6.10 Å². The van der Waals surface area contributed by atoms with Crippen LogP contribution in [0.25, 0.3) is 0 Å². The van der Waals surface area contributed by atoms with Crippen molar-refractivity contribution in [2.24, 2.45) is 0 Å². The van der Waals surface area contributed by atoms with Gasteiger partial charge in [-0.25, -0.2) is 0 Å². The summed E-state index contributed by atoms with van der Waals surface area (Å²) in [5.74, 6) is 0. The van der Waals surface area contributed by atoms with E-state index in [0.717, 1.165) is 12.0 Å². The van der Waals surface area contributed by atoms with Crippen LogP contribution in [0.1, 0.15) is 24.8 Å². The zero-order valence-electron chi connectivity index (χ0n) is 9.67. The lowest BCUT2D eigenvalue weighted by Gasteiger charge is -2.15. The van der Waals surface area contributed by atoms with Crippen LogP contribution >= 0.6 is 0 Å². The van der Waals surface area contributed by atoms with Gasteiger partial charge in [0, 0.05) is 0 Å². The molecular formula is C12H16O4S. The SMILES string of the molecule is Cc1ccc(S(=O)(=O)O[C@H]2CCC[C@H]2O)cc1. The average Bonchev–Trinajstić information content (AvgIpc) is 2.64. The lowest BCUT2D eigenvalue weighted by atomic mass is 10.2. The monoisotopic (exact) mass is 256 g/mol. The second-order valence-electron chi connectivity index (χ2n) is 4.40. The molecule has 1 N–H and O–H groups in total. The summed E-state index contributed by atoms with van der Waals surface area (Å²) in [6.07, 6.45) is 0.729. The fourth-order valence-corrected chi connectivity index (χ4v) is 3.07. The van der Waals surface area contributed by atoms with Gasteiger partial charge in [-0.3, -0.25) is 4.18 Å². The van der Waals surface area contributed by atoms with Gasteiger partial charge in [0.2, 0.25) is 0 Å². The highest BCUT2D eigenvalue weighted by Crippen LogP contribution is 2.26. The summed E-state index contributed by atoms with van der Waals surface area (Å²) >= 11 is 0. The molecular weight excluding hydrogens is 240 g/mol. The van der Waals surface area contributed by atoms with Crippen LogP contribution in [-0.2, 0) is 14.3 Å². The summed E-state index contributed by atoms with van der Waals surface area (Å²) in [7, 11) is -3.75. The fraction of sp³-hybridized carbons (Fsp3) is 0.500. The maximum atomic E-state index is 11.9. The highest BCUT2D eigenvalue weighted by molar-refractivity contribution is 7.86. The molecule has 0 aromatic heterocycles. The van der Waals surface area contributed by atoms with Crippen molar-refractivity contribution in [1.29, 1.82) is 0 Å². The molecule has 4 nitrogen and oxygen atoms in total. The molecule has 0 amide bonds. The largest absolute Gasteiger partial charge is 0.390 e. The third-order valence-corrected chi connectivity index (χ3v) is 4.33. The summed E-state index contributed by atoms with van der Waals surface area (Å²) in [5, 5.41) is 9.55. The predicted octanol–water partition coefficient (Wildman–Crippen LogP) is 1.61. The Morgan fingerprint density at radius 2 is 1.88 bits per heavy atom. The Labute approximate surface area is 101 Å². The Balaban J connectivity index is 2.16. The normalized spacial score (nSPS) is 25.1. The first-order chi connectivity index (χ1) is 7.99. The molecule has 0 unspecified atom stereocenters. The van der Waals surface area contributed by atoms with Crippen LogP contribution in [0.5, 0.6) is 0 Å². The lowest BCUT2D eigenvalue weighted by Crippen LogP contribution is -2.26. The lowest BCUT2D eigenvalue weighted by molar-refractivity contribution is 0.0645. The summed E-state index contributed by atoms with van der Waals surface area (Å²) in [6, 6.07) is 6.49. The third-order valence-electron chi connectivity index (χ3n) is 2.98. The molecule has 2 rings (SSSR count). The minimum Gasteiger partial charge on any atom is -0.390 e. The molecule has 1 aromatic rings. The minimum atomic E-state index is -3.75. The summed E-state index contributed by atoms with van der Waals surface area (Å²) in [5.41, 5.74) is 0.991. The quantitative estimate of drug-likeness (QED) is 0.835. The molecule has 0 aliphatic heterocycles. The van der Waals surface area contributed by atoms with E-state index in [2.05, 4.69) is 0 Å². The van der Waals surface area contributed by atoms with Crippen molar-refractivity contribution in [1.82, 2.24) is 0 Å². The van der Waals surface area contributed by atoms with Crippen molar-refractivity contribution in [3.8, 4) is 0 Å². The van der Waals surface area contributed by atoms with Crippen molar-refractivity contribution in [3.63, 3.8) is 0 Å². The Bertz CT molecular complexity index is 478. The Kier molecular flexibility index (Phi) is 3.51. The maximum Gasteiger partial charge on any atom is 0.297 e. The Hall–Kier alpha value is -0.910. The molecule has 1 saturated carbocycles. The van der Waals surface area contributed by atoms with Gasteiger partial charge in [-0.05, 0) is 38.3 Å². The number of aliphatic hydroxyl groups is 1. The van der Waals surface area contributed by atoms with E-state index >= 15 is 0 Å².